The summed E-state index contributed by atoms with van der Waals surface area (Å²) >= 11 is 1.40. The predicted octanol–water partition coefficient (Wildman–Crippen LogP) is 4.51. The molecule has 174 valence electrons. The number of anilines is 2. The fourth-order valence-electron chi connectivity index (χ4n) is 3.97. The lowest BCUT2D eigenvalue weighted by atomic mass is 10.1. The number of rotatable bonds is 8. The zero-order chi connectivity index (χ0) is 23.2. The second-order valence-electron chi connectivity index (χ2n) is 8.26. The molecule has 0 aliphatic carbocycles. The van der Waals surface area contributed by atoms with Crippen molar-refractivity contribution >= 4 is 28.1 Å². The second kappa shape index (κ2) is 10.7. The van der Waals surface area contributed by atoms with Gasteiger partial charge in [0.1, 0.15) is 11.5 Å². The molecule has 8 heteroatoms. The lowest BCUT2D eigenvalue weighted by molar-refractivity contribution is 0.102. The van der Waals surface area contributed by atoms with Crippen LogP contribution in [0.2, 0.25) is 0 Å². The molecule has 1 N–H and O–H groups in total. The molecule has 0 radical (unpaired) electrons. The minimum atomic E-state index is -0.179. The Kier molecular flexibility index (Phi) is 7.47. The molecule has 3 aromatic rings. The van der Waals surface area contributed by atoms with Crippen LogP contribution >= 0.6 is 11.3 Å². The number of ether oxygens (including phenoxy) is 2. The quantitative estimate of drug-likeness (QED) is 0.527. The van der Waals surface area contributed by atoms with Crippen molar-refractivity contribution in [2.45, 2.75) is 26.5 Å². The molecule has 1 amide bonds. The van der Waals surface area contributed by atoms with Gasteiger partial charge in [-0.2, -0.15) is 0 Å². The molecule has 0 spiro atoms. The molecule has 7 nitrogen and oxygen atoms in total. The first-order valence-corrected chi connectivity index (χ1v) is 12.0. The monoisotopic (exact) mass is 466 g/mol. The number of nitrogens with one attached hydrogen (secondary N) is 1. The third kappa shape index (κ3) is 6.03. The van der Waals surface area contributed by atoms with Crippen LogP contribution in [-0.4, -0.2) is 55.2 Å². The number of hydrogen-bond acceptors (Lipinski definition) is 7. The van der Waals surface area contributed by atoms with E-state index in [2.05, 4.69) is 26.2 Å². The molecule has 0 atom stereocenters. The number of para-hydroxylation sites is 2. The SMILES string of the molecule is COc1ccccc1N1CCN(Cc2cc(OC(C)C)cc(C(=O)Nc3nccs3)c2)CC1. The Morgan fingerprint density at radius 3 is 2.64 bits per heavy atom. The Morgan fingerprint density at radius 2 is 1.94 bits per heavy atom. The molecular weight excluding hydrogens is 436 g/mol. The molecule has 1 fully saturated rings. The van der Waals surface area contributed by atoms with Crippen LogP contribution in [0.4, 0.5) is 10.8 Å². The van der Waals surface area contributed by atoms with Crippen molar-refractivity contribution in [3.05, 3.63) is 65.2 Å². The van der Waals surface area contributed by atoms with Crippen LogP contribution in [0, 0.1) is 0 Å². The highest BCUT2D eigenvalue weighted by atomic mass is 32.1. The van der Waals surface area contributed by atoms with Gasteiger partial charge in [-0.25, -0.2) is 4.98 Å². The maximum atomic E-state index is 12.8. The summed E-state index contributed by atoms with van der Waals surface area (Å²) in [5.41, 5.74) is 2.77. The fourth-order valence-corrected chi connectivity index (χ4v) is 4.50. The summed E-state index contributed by atoms with van der Waals surface area (Å²) < 4.78 is 11.5. The predicted molar refractivity (Wildman–Crippen MR) is 133 cm³/mol. The minimum absolute atomic E-state index is 0.0273. The largest absolute Gasteiger partial charge is 0.495 e. The van der Waals surface area contributed by atoms with E-state index in [4.69, 9.17) is 9.47 Å². The molecule has 4 rings (SSSR count). The smallest absolute Gasteiger partial charge is 0.257 e. The molecule has 0 bridgehead atoms. The van der Waals surface area contributed by atoms with Crippen LogP contribution in [0.25, 0.3) is 0 Å². The molecule has 1 saturated heterocycles. The third-order valence-corrected chi connectivity index (χ3v) is 6.15. The van der Waals surface area contributed by atoms with Gasteiger partial charge in [0.15, 0.2) is 5.13 Å². The van der Waals surface area contributed by atoms with Crippen molar-refractivity contribution in [1.82, 2.24) is 9.88 Å². The molecule has 0 unspecified atom stereocenters. The van der Waals surface area contributed by atoms with Crippen LogP contribution < -0.4 is 19.7 Å². The zero-order valence-corrected chi connectivity index (χ0v) is 20.1. The molecular formula is C25H30N4O3S. The maximum absolute atomic E-state index is 12.8. The Labute approximate surface area is 199 Å². The number of nitrogens with zero attached hydrogens (tertiary/aromatic N) is 3. The topological polar surface area (TPSA) is 66.9 Å². The highest BCUT2D eigenvalue weighted by molar-refractivity contribution is 7.13. The first-order valence-electron chi connectivity index (χ1n) is 11.1. The molecule has 1 aliphatic rings. The van der Waals surface area contributed by atoms with Crippen LogP contribution in [0.15, 0.2) is 54.0 Å². The van der Waals surface area contributed by atoms with Crippen LogP contribution in [0.1, 0.15) is 29.8 Å². The first-order chi connectivity index (χ1) is 16.0. The van der Waals surface area contributed by atoms with Gasteiger partial charge in [-0.05, 0) is 49.7 Å². The Hall–Kier alpha value is -3.10. The van der Waals surface area contributed by atoms with Crippen LogP contribution in [-0.2, 0) is 6.54 Å². The number of methoxy groups -OCH3 is 1. The van der Waals surface area contributed by atoms with Gasteiger partial charge in [-0.3, -0.25) is 15.0 Å². The molecule has 1 aromatic heterocycles. The van der Waals surface area contributed by atoms with E-state index in [0.717, 1.165) is 49.7 Å². The number of carbonyl (C=O) groups excluding carboxylic acids is 1. The van der Waals surface area contributed by atoms with Gasteiger partial charge >= 0.3 is 0 Å². The first kappa shape index (κ1) is 23.1. The molecule has 2 heterocycles. The second-order valence-corrected chi connectivity index (χ2v) is 9.15. The standard InChI is InChI=1S/C25H30N4O3S/c1-18(2)32-21-15-19(14-20(16-21)24(30)27-25-26-8-13-33-25)17-28-9-11-29(12-10-28)22-6-4-5-7-23(22)31-3/h4-8,13-16,18H,9-12,17H2,1-3H3,(H,26,27,30). The zero-order valence-electron chi connectivity index (χ0n) is 19.3. The van der Waals surface area contributed by atoms with Gasteiger partial charge in [0.25, 0.3) is 5.91 Å². The molecule has 1 aliphatic heterocycles. The summed E-state index contributed by atoms with van der Waals surface area (Å²) in [7, 11) is 1.71. The van der Waals surface area contributed by atoms with E-state index in [-0.39, 0.29) is 12.0 Å². The van der Waals surface area contributed by atoms with E-state index < -0.39 is 0 Å². The summed E-state index contributed by atoms with van der Waals surface area (Å²) in [6, 6.07) is 13.9. The average Bonchev–Trinajstić information content (AvgIpc) is 3.32. The molecule has 33 heavy (non-hydrogen) atoms. The number of piperazine rings is 1. The number of amides is 1. The summed E-state index contributed by atoms with van der Waals surface area (Å²) in [6.07, 6.45) is 1.70. The van der Waals surface area contributed by atoms with Gasteiger partial charge in [-0.1, -0.05) is 12.1 Å². The van der Waals surface area contributed by atoms with Crippen LogP contribution in [0.3, 0.4) is 0 Å². The maximum Gasteiger partial charge on any atom is 0.257 e. The molecule has 0 saturated carbocycles. The van der Waals surface area contributed by atoms with E-state index in [1.54, 1.807) is 19.4 Å². The molecule has 2 aromatic carbocycles. The third-order valence-electron chi connectivity index (χ3n) is 5.46. The van der Waals surface area contributed by atoms with Crippen molar-refractivity contribution in [2.24, 2.45) is 0 Å². The van der Waals surface area contributed by atoms with Gasteiger partial charge in [0.2, 0.25) is 0 Å². The minimum Gasteiger partial charge on any atom is -0.495 e. The van der Waals surface area contributed by atoms with Crippen LogP contribution in [0.5, 0.6) is 11.5 Å². The van der Waals surface area contributed by atoms with E-state index in [9.17, 15) is 4.79 Å². The van der Waals surface area contributed by atoms with Crippen molar-refractivity contribution < 1.29 is 14.3 Å². The summed E-state index contributed by atoms with van der Waals surface area (Å²) in [5.74, 6) is 1.43. The Bertz CT molecular complexity index is 1060. The number of benzene rings is 2. The average molecular weight is 467 g/mol. The summed E-state index contributed by atoms with van der Waals surface area (Å²) in [5, 5.41) is 5.29. The normalized spacial score (nSPS) is 14.4. The van der Waals surface area contributed by atoms with E-state index in [1.807, 2.05) is 49.6 Å². The van der Waals surface area contributed by atoms with E-state index >= 15 is 0 Å². The van der Waals surface area contributed by atoms with Crippen molar-refractivity contribution in [3.8, 4) is 11.5 Å². The number of carbonyl (C=O) groups is 1. The van der Waals surface area contributed by atoms with Gasteiger partial charge in [0.05, 0.1) is 18.9 Å². The highest BCUT2D eigenvalue weighted by Crippen LogP contribution is 2.29. The van der Waals surface area contributed by atoms with Gasteiger partial charge < -0.3 is 14.4 Å². The van der Waals surface area contributed by atoms with Gasteiger partial charge in [0, 0.05) is 49.9 Å². The summed E-state index contributed by atoms with van der Waals surface area (Å²) in [4.78, 5) is 21.7. The van der Waals surface area contributed by atoms with E-state index in [1.165, 1.54) is 11.3 Å². The highest BCUT2D eigenvalue weighted by Gasteiger charge is 2.20. The lowest BCUT2D eigenvalue weighted by Gasteiger charge is -2.36. The number of thiazole rings is 1. The van der Waals surface area contributed by atoms with Crippen molar-refractivity contribution in [2.75, 3.05) is 43.5 Å². The fraction of sp³-hybridized carbons (Fsp3) is 0.360. The summed E-state index contributed by atoms with van der Waals surface area (Å²) in [6.45, 7) is 8.41. The lowest BCUT2D eigenvalue weighted by Crippen LogP contribution is -2.46. The Balaban J connectivity index is 1.45. The Morgan fingerprint density at radius 1 is 1.15 bits per heavy atom. The van der Waals surface area contributed by atoms with Gasteiger partial charge in [-0.15, -0.1) is 11.3 Å². The van der Waals surface area contributed by atoms with Crippen molar-refractivity contribution in [3.63, 3.8) is 0 Å². The van der Waals surface area contributed by atoms with E-state index in [0.29, 0.717) is 16.4 Å². The number of aromatic nitrogens is 1. The van der Waals surface area contributed by atoms with Crippen molar-refractivity contribution in [1.29, 1.82) is 0 Å². The number of hydrogen-bond donors (Lipinski definition) is 1.